The maximum Gasteiger partial charge on any atom is 0.199 e. The van der Waals surface area contributed by atoms with Crippen LogP contribution in [0.25, 0.3) is 0 Å². The standard InChI is InChI=1S/C17H26O5S/c1-13(2)17(22-12-21-4)14(3)16(18)10-11-23(19,20)15-8-6-5-7-9-15/h5-11,13-14,16-18H,12H2,1-4H3/t14-,16-,17-/m0/s1. The van der Waals surface area contributed by atoms with Crippen molar-refractivity contribution in [3.63, 3.8) is 0 Å². The Morgan fingerprint density at radius 2 is 1.78 bits per heavy atom. The summed E-state index contributed by atoms with van der Waals surface area (Å²) >= 11 is 0. The summed E-state index contributed by atoms with van der Waals surface area (Å²) in [6, 6.07) is 8.11. The summed E-state index contributed by atoms with van der Waals surface area (Å²) in [5.41, 5.74) is 0. The van der Waals surface area contributed by atoms with E-state index in [1.807, 2.05) is 20.8 Å². The Bertz CT molecular complexity index is 580. The summed E-state index contributed by atoms with van der Waals surface area (Å²) in [5.74, 6) is -0.110. The fourth-order valence-corrected chi connectivity index (χ4v) is 3.40. The van der Waals surface area contributed by atoms with Gasteiger partial charge in [-0.25, -0.2) is 8.42 Å². The van der Waals surface area contributed by atoms with Gasteiger partial charge in [0, 0.05) is 18.4 Å². The first kappa shape index (κ1) is 19.8. The van der Waals surface area contributed by atoms with Gasteiger partial charge in [-0.2, -0.15) is 0 Å². The van der Waals surface area contributed by atoms with Gasteiger partial charge in [0.15, 0.2) is 9.84 Å². The number of hydrogen-bond acceptors (Lipinski definition) is 5. The molecule has 0 radical (unpaired) electrons. The highest BCUT2D eigenvalue weighted by molar-refractivity contribution is 7.94. The second kappa shape index (κ2) is 9.17. The summed E-state index contributed by atoms with van der Waals surface area (Å²) in [6.45, 7) is 5.92. The number of aliphatic hydroxyl groups excluding tert-OH is 1. The van der Waals surface area contributed by atoms with Crippen LogP contribution in [0.4, 0.5) is 0 Å². The number of hydrogen-bond donors (Lipinski definition) is 1. The van der Waals surface area contributed by atoms with Crippen molar-refractivity contribution in [2.45, 2.75) is 37.9 Å². The zero-order chi connectivity index (χ0) is 17.5. The van der Waals surface area contributed by atoms with Gasteiger partial charge in [-0.3, -0.25) is 0 Å². The van der Waals surface area contributed by atoms with E-state index in [2.05, 4.69) is 0 Å². The molecule has 0 aliphatic heterocycles. The molecular formula is C17H26O5S. The van der Waals surface area contributed by atoms with Crippen LogP contribution in [-0.4, -0.2) is 39.6 Å². The molecule has 0 aliphatic carbocycles. The van der Waals surface area contributed by atoms with Crippen molar-refractivity contribution in [3.05, 3.63) is 41.8 Å². The molecule has 0 saturated heterocycles. The molecule has 1 N–H and O–H groups in total. The quantitative estimate of drug-likeness (QED) is 0.698. The summed E-state index contributed by atoms with van der Waals surface area (Å²) in [7, 11) is -2.03. The number of sulfone groups is 1. The third-order valence-electron chi connectivity index (χ3n) is 3.62. The van der Waals surface area contributed by atoms with Gasteiger partial charge < -0.3 is 14.6 Å². The third kappa shape index (κ3) is 6.06. The number of methoxy groups -OCH3 is 1. The molecule has 1 aromatic carbocycles. The molecule has 0 amide bonds. The van der Waals surface area contributed by atoms with Crippen LogP contribution in [0.15, 0.2) is 46.7 Å². The largest absolute Gasteiger partial charge is 0.389 e. The van der Waals surface area contributed by atoms with E-state index in [4.69, 9.17) is 9.47 Å². The average Bonchev–Trinajstić information content (AvgIpc) is 2.53. The number of benzene rings is 1. The van der Waals surface area contributed by atoms with E-state index < -0.39 is 15.9 Å². The number of rotatable bonds is 9. The first-order chi connectivity index (χ1) is 10.8. The molecule has 3 atom stereocenters. The fraction of sp³-hybridized carbons (Fsp3) is 0.529. The van der Waals surface area contributed by atoms with Crippen LogP contribution in [0, 0.1) is 11.8 Å². The Hall–Kier alpha value is -1.21. The van der Waals surface area contributed by atoms with Crippen LogP contribution in [0.3, 0.4) is 0 Å². The van der Waals surface area contributed by atoms with Crippen molar-refractivity contribution in [1.82, 2.24) is 0 Å². The molecule has 5 nitrogen and oxygen atoms in total. The first-order valence-corrected chi connectivity index (χ1v) is 9.11. The zero-order valence-electron chi connectivity index (χ0n) is 14.0. The van der Waals surface area contributed by atoms with Crippen LogP contribution >= 0.6 is 0 Å². The van der Waals surface area contributed by atoms with E-state index >= 15 is 0 Å². The van der Waals surface area contributed by atoms with Gasteiger partial charge in [0.25, 0.3) is 0 Å². The third-order valence-corrected chi connectivity index (χ3v) is 5.06. The van der Waals surface area contributed by atoms with Crippen LogP contribution in [0.2, 0.25) is 0 Å². The van der Waals surface area contributed by atoms with Gasteiger partial charge in [0.1, 0.15) is 6.79 Å². The topological polar surface area (TPSA) is 72.8 Å². The van der Waals surface area contributed by atoms with Crippen LogP contribution in [0.5, 0.6) is 0 Å². The van der Waals surface area contributed by atoms with E-state index in [1.54, 1.807) is 18.2 Å². The van der Waals surface area contributed by atoms with Gasteiger partial charge in [-0.05, 0) is 24.1 Å². The molecule has 0 fully saturated rings. The second-order valence-electron chi connectivity index (χ2n) is 5.82. The molecule has 0 aromatic heterocycles. The molecule has 6 heteroatoms. The molecule has 1 aromatic rings. The lowest BCUT2D eigenvalue weighted by Gasteiger charge is -2.29. The maximum atomic E-state index is 12.2. The van der Waals surface area contributed by atoms with E-state index in [-0.39, 0.29) is 29.6 Å². The van der Waals surface area contributed by atoms with E-state index in [0.29, 0.717) is 0 Å². The lowest BCUT2D eigenvalue weighted by molar-refractivity contribution is -0.117. The molecule has 23 heavy (non-hydrogen) atoms. The molecular weight excluding hydrogens is 316 g/mol. The Kier molecular flexibility index (Phi) is 7.91. The highest BCUT2D eigenvalue weighted by Crippen LogP contribution is 2.21. The van der Waals surface area contributed by atoms with Crippen molar-refractivity contribution in [1.29, 1.82) is 0 Å². The predicted octanol–water partition coefficient (Wildman–Crippen LogP) is 2.62. The van der Waals surface area contributed by atoms with Gasteiger partial charge >= 0.3 is 0 Å². The smallest absolute Gasteiger partial charge is 0.199 e. The molecule has 0 saturated carbocycles. The molecule has 130 valence electrons. The van der Waals surface area contributed by atoms with Crippen molar-refractivity contribution in [2.24, 2.45) is 11.8 Å². The highest BCUT2D eigenvalue weighted by atomic mass is 32.2. The Morgan fingerprint density at radius 1 is 1.17 bits per heavy atom. The molecule has 0 bridgehead atoms. The summed E-state index contributed by atoms with van der Waals surface area (Å²) in [5, 5.41) is 11.3. The highest BCUT2D eigenvalue weighted by Gasteiger charge is 2.26. The lowest BCUT2D eigenvalue weighted by Crippen LogP contribution is -2.35. The fourth-order valence-electron chi connectivity index (χ4n) is 2.34. The maximum absolute atomic E-state index is 12.2. The summed E-state index contributed by atoms with van der Waals surface area (Å²) in [4.78, 5) is 0.201. The summed E-state index contributed by atoms with van der Waals surface area (Å²) in [6.07, 6.45) is 0.130. The van der Waals surface area contributed by atoms with Crippen LogP contribution in [0.1, 0.15) is 20.8 Å². The Balaban J connectivity index is 2.82. The molecule has 0 heterocycles. The Labute approximate surface area is 138 Å². The van der Waals surface area contributed by atoms with Crippen LogP contribution in [-0.2, 0) is 19.3 Å². The van der Waals surface area contributed by atoms with E-state index in [0.717, 1.165) is 5.41 Å². The van der Waals surface area contributed by atoms with Gasteiger partial charge in [-0.15, -0.1) is 0 Å². The molecule has 0 spiro atoms. The molecule has 1 rings (SSSR count). The lowest BCUT2D eigenvalue weighted by atomic mass is 9.90. The van der Waals surface area contributed by atoms with Gasteiger partial charge in [0.05, 0.1) is 17.1 Å². The normalized spacial score (nSPS) is 16.6. The number of aliphatic hydroxyl groups is 1. The van der Waals surface area contributed by atoms with Crippen molar-refractivity contribution < 1.29 is 23.0 Å². The average molecular weight is 342 g/mol. The molecule has 0 aliphatic rings. The van der Waals surface area contributed by atoms with Gasteiger partial charge in [0.2, 0.25) is 0 Å². The number of ether oxygens (including phenoxy) is 2. The van der Waals surface area contributed by atoms with Crippen molar-refractivity contribution >= 4 is 9.84 Å². The zero-order valence-corrected chi connectivity index (χ0v) is 14.9. The van der Waals surface area contributed by atoms with E-state index in [1.165, 1.54) is 25.3 Å². The van der Waals surface area contributed by atoms with Crippen LogP contribution < -0.4 is 0 Å². The first-order valence-electron chi connectivity index (χ1n) is 7.56. The van der Waals surface area contributed by atoms with Gasteiger partial charge in [-0.1, -0.05) is 39.0 Å². The monoisotopic (exact) mass is 342 g/mol. The minimum atomic E-state index is -3.56. The summed E-state index contributed by atoms with van der Waals surface area (Å²) < 4.78 is 34.9. The minimum Gasteiger partial charge on any atom is -0.389 e. The predicted molar refractivity (Wildman–Crippen MR) is 89.5 cm³/mol. The molecule has 0 unspecified atom stereocenters. The SMILES string of the molecule is COCO[C@@H](C(C)C)[C@@H](C)[C@@H](O)C=CS(=O)(=O)c1ccccc1. The van der Waals surface area contributed by atoms with Crippen molar-refractivity contribution in [2.75, 3.05) is 13.9 Å². The van der Waals surface area contributed by atoms with Crippen molar-refractivity contribution in [3.8, 4) is 0 Å². The minimum absolute atomic E-state index is 0.131. The van der Waals surface area contributed by atoms with E-state index in [9.17, 15) is 13.5 Å². The Morgan fingerprint density at radius 3 is 2.30 bits per heavy atom. The second-order valence-corrected chi connectivity index (χ2v) is 7.65.